The Kier molecular flexibility index (Phi) is 2.87. The second-order valence-electron chi connectivity index (χ2n) is 6.13. The molecule has 1 heterocycles. The van der Waals surface area contributed by atoms with Gasteiger partial charge >= 0.3 is 0 Å². The lowest BCUT2D eigenvalue weighted by Crippen LogP contribution is -2.45. The summed E-state index contributed by atoms with van der Waals surface area (Å²) in [5, 5.41) is 9.39. The van der Waals surface area contributed by atoms with Crippen LogP contribution in [0.5, 0.6) is 0 Å². The van der Waals surface area contributed by atoms with Gasteiger partial charge in [0.15, 0.2) is 0 Å². The Morgan fingerprint density at radius 3 is 2.75 bits per heavy atom. The number of Topliss-reactive ketones (excluding diaryl/α,β-unsaturated/α-hetero) is 1. The van der Waals surface area contributed by atoms with Crippen molar-refractivity contribution in [3.8, 4) is 0 Å². The molecule has 2 aliphatic rings. The highest BCUT2D eigenvalue weighted by Gasteiger charge is 2.57. The Hall–Kier alpha value is -0.410. The van der Waals surface area contributed by atoms with E-state index in [1.165, 1.54) is 0 Å². The number of aliphatic hydroxyl groups excluding tert-OH is 1. The Bertz CT molecular complexity index is 278. The number of ketones is 1. The largest absolute Gasteiger partial charge is 0.393 e. The number of carbonyl (C=O) groups excluding carboxylic acids is 1. The summed E-state index contributed by atoms with van der Waals surface area (Å²) >= 11 is 0. The summed E-state index contributed by atoms with van der Waals surface area (Å²) in [6.07, 6.45) is 2.69. The van der Waals surface area contributed by atoms with Crippen LogP contribution in [-0.2, 0) is 9.53 Å². The summed E-state index contributed by atoms with van der Waals surface area (Å²) in [4.78, 5) is 11.7. The maximum atomic E-state index is 11.7. The van der Waals surface area contributed by atoms with Gasteiger partial charge < -0.3 is 9.84 Å². The van der Waals surface area contributed by atoms with Crippen molar-refractivity contribution < 1.29 is 14.6 Å². The average Bonchev–Trinajstić information content (AvgIpc) is 2.27. The van der Waals surface area contributed by atoms with Gasteiger partial charge in [0.05, 0.1) is 18.3 Å². The van der Waals surface area contributed by atoms with E-state index in [9.17, 15) is 9.90 Å². The molecule has 0 spiro atoms. The van der Waals surface area contributed by atoms with E-state index >= 15 is 0 Å². The van der Waals surface area contributed by atoms with Crippen LogP contribution in [0.1, 0.15) is 46.5 Å². The summed E-state index contributed by atoms with van der Waals surface area (Å²) in [6, 6.07) is 0. The van der Waals surface area contributed by atoms with Crippen molar-refractivity contribution in [3.05, 3.63) is 0 Å². The number of carbonyl (C=O) groups is 1. The fraction of sp³-hybridized carbons (Fsp3) is 0.923. The highest BCUT2D eigenvalue weighted by Crippen LogP contribution is 2.54. The maximum Gasteiger partial charge on any atom is 0.136 e. The highest BCUT2D eigenvalue weighted by atomic mass is 16.5. The zero-order chi connectivity index (χ0) is 12.0. The van der Waals surface area contributed by atoms with Crippen LogP contribution in [0.4, 0.5) is 0 Å². The molecule has 3 nitrogen and oxygen atoms in total. The minimum Gasteiger partial charge on any atom is -0.393 e. The number of aliphatic hydroxyl groups is 1. The van der Waals surface area contributed by atoms with Gasteiger partial charge in [0.2, 0.25) is 0 Å². The number of hydrogen-bond donors (Lipinski definition) is 1. The fourth-order valence-electron chi connectivity index (χ4n) is 3.58. The second-order valence-corrected chi connectivity index (χ2v) is 6.13. The molecule has 1 N–H and O–H groups in total. The first-order valence-corrected chi connectivity index (χ1v) is 6.19. The van der Waals surface area contributed by atoms with Crippen LogP contribution in [0.15, 0.2) is 0 Å². The fourth-order valence-corrected chi connectivity index (χ4v) is 3.58. The lowest BCUT2D eigenvalue weighted by atomic mass is 9.61. The molecular weight excluding hydrogens is 204 g/mol. The standard InChI is InChI=1S/C13H22O3/c1-9(14)4-5-11-12(2)6-10(15)7-13(11,3)16-8-12/h9,11,14H,4-8H2,1-3H3/t9-,11+,12?,13+/m0/s1. The predicted molar refractivity (Wildman–Crippen MR) is 61.1 cm³/mol. The Morgan fingerprint density at radius 2 is 2.19 bits per heavy atom. The summed E-state index contributed by atoms with van der Waals surface area (Å²) in [7, 11) is 0. The van der Waals surface area contributed by atoms with Gasteiger partial charge in [-0.2, -0.15) is 0 Å². The lowest BCUT2D eigenvalue weighted by molar-refractivity contribution is -0.130. The zero-order valence-electron chi connectivity index (χ0n) is 10.5. The van der Waals surface area contributed by atoms with Gasteiger partial charge in [0.1, 0.15) is 5.78 Å². The Labute approximate surface area is 97.2 Å². The molecule has 2 fully saturated rings. The third-order valence-electron chi connectivity index (χ3n) is 4.33. The molecule has 0 amide bonds. The number of rotatable bonds is 3. The smallest absolute Gasteiger partial charge is 0.136 e. The molecule has 0 radical (unpaired) electrons. The topological polar surface area (TPSA) is 46.5 Å². The molecule has 16 heavy (non-hydrogen) atoms. The van der Waals surface area contributed by atoms with Crippen LogP contribution in [0, 0.1) is 11.3 Å². The van der Waals surface area contributed by atoms with E-state index in [4.69, 9.17) is 4.74 Å². The molecule has 1 saturated carbocycles. The van der Waals surface area contributed by atoms with Crippen LogP contribution in [-0.4, -0.2) is 29.2 Å². The zero-order valence-corrected chi connectivity index (χ0v) is 10.5. The van der Waals surface area contributed by atoms with E-state index in [1.54, 1.807) is 0 Å². The molecule has 2 bridgehead atoms. The molecule has 1 aliphatic carbocycles. The normalized spacial score (nSPS) is 44.8. The van der Waals surface area contributed by atoms with E-state index < -0.39 is 0 Å². The first kappa shape index (κ1) is 12.1. The number of ether oxygens (including phenoxy) is 1. The van der Waals surface area contributed by atoms with E-state index in [-0.39, 0.29) is 17.1 Å². The Balaban J connectivity index is 2.14. The molecule has 1 aliphatic heterocycles. The molecular formula is C13H22O3. The highest BCUT2D eigenvalue weighted by molar-refractivity contribution is 5.81. The summed E-state index contributed by atoms with van der Waals surface area (Å²) < 4.78 is 5.88. The van der Waals surface area contributed by atoms with Crippen molar-refractivity contribution in [1.82, 2.24) is 0 Å². The van der Waals surface area contributed by atoms with Crippen molar-refractivity contribution >= 4 is 5.78 Å². The number of fused-ring (bicyclic) bond motifs is 2. The predicted octanol–water partition coefficient (Wildman–Crippen LogP) is 1.92. The van der Waals surface area contributed by atoms with Gasteiger partial charge in [0.25, 0.3) is 0 Å². The molecule has 0 aromatic heterocycles. The van der Waals surface area contributed by atoms with E-state index in [0.717, 1.165) is 12.8 Å². The second kappa shape index (κ2) is 3.81. The summed E-state index contributed by atoms with van der Waals surface area (Å²) in [5.41, 5.74) is -0.280. The molecule has 1 saturated heterocycles. The van der Waals surface area contributed by atoms with E-state index in [0.29, 0.717) is 31.1 Å². The minimum absolute atomic E-state index is 0.00102. The van der Waals surface area contributed by atoms with Gasteiger partial charge in [-0.25, -0.2) is 0 Å². The average molecular weight is 226 g/mol. The quantitative estimate of drug-likeness (QED) is 0.799. The molecule has 4 atom stereocenters. The summed E-state index contributed by atoms with van der Waals surface area (Å²) in [6.45, 7) is 6.73. The van der Waals surface area contributed by atoms with Crippen molar-refractivity contribution in [2.24, 2.45) is 11.3 Å². The summed E-state index contributed by atoms with van der Waals surface area (Å²) in [5.74, 6) is 0.739. The first-order valence-electron chi connectivity index (χ1n) is 6.19. The third kappa shape index (κ3) is 1.91. The van der Waals surface area contributed by atoms with E-state index in [1.807, 2.05) is 6.92 Å². The lowest BCUT2D eigenvalue weighted by Gasteiger charge is -2.41. The number of hydrogen-bond acceptors (Lipinski definition) is 3. The van der Waals surface area contributed by atoms with Crippen molar-refractivity contribution in [2.45, 2.75) is 58.2 Å². The molecule has 2 rings (SSSR count). The van der Waals surface area contributed by atoms with Crippen LogP contribution >= 0.6 is 0 Å². The third-order valence-corrected chi connectivity index (χ3v) is 4.33. The van der Waals surface area contributed by atoms with Crippen molar-refractivity contribution in [1.29, 1.82) is 0 Å². The van der Waals surface area contributed by atoms with Crippen LogP contribution < -0.4 is 0 Å². The minimum atomic E-state index is -0.279. The van der Waals surface area contributed by atoms with E-state index in [2.05, 4.69) is 13.8 Å². The van der Waals surface area contributed by atoms with Crippen molar-refractivity contribution in [2.75, 3.05) is 6.61 Å². The van der Waals surface area contributed by atoms with Gasteiger partial charge in [0, 0.05) is 18.3 Å². The molecule has 0 aromatic carbocycles. The SMILES string of the molecule is C[C@H](O)CC[C@@H]1C2(C)CO[C@]1(C)CC(=O)C2. The van der Waals surface area contributed by atoms with Crippen LogP contribution in [0.3, 0.4) is 0 Å². The van der Waals surface area contributed by atoms with Crippen LogP contribution in [0.25, 0.3) is 0 Å². The molecule has 3 heteroatoms. The maximum absolute atomic E-state index is 11.7. The first-order chi connectivity index (χ1) is 7.36. The molecule has 1 unspecified atom stereocenters. The van der Waals surface area contributed by atoms with Gasteiger partial charge in [-0.3, -0.25) is 4.79 Å². The van der Waals surface area contributed by atoms with Crippen molar-refractivity contribution in [3.63, 3.8) is 0 Å². The molecule has 0 aromatic rings. The van der Waals surface area contributed by atoms with Crippen LogP contribution in [0.2, 0.25) is 0 Å². The monoisotopic (exact) mass is 226 g/mol. The van der Waals surface area contributed by atoms with Gasteiger partial charge in [-0.15, -0.1) is 0 Å². The van der Waals surface area contributed by atoms with Gasteiger partial charge in [-0.1, -0.05) is 6.92 Å². The van der Waals surface area contributed by atoms with Gasteiger partial charge in [-0.05, 0) is 32.6 Å². The molecule has 92 valence electrons. The Morgan fingerprint density at radius 1 is 1.50 bits per heavy atom.